The molecule has 0 spiro atoms. The van der Waals surface area contributed by atoms with E-state index in [1.807, 2.05) is 6.07 Å². The summed E-state index contributed by atoms with van der Waals surface area (Å²) in [7, 11) is 0. The highest BCUT2D eigenvalue weighted by atomic mass is 19.1. The van der Waals surface area contributed by atoms with Crippen LogP contribution in [0, 0.1) is 17.1 Å². The lowest BCUT2D eigenvalue weighted by Crippen LogP contribution is -1.79. The summed E-state index contributed by atoms with van der Waals surface area (Å²) in [6, 6.07) is 3.36. The molecule has 0 aromatic carbocycles. The normalized spacial score (nSPS) is 10.0. The van der Waals surface area contributed by atoms with Crippen LogP contribution < -0.4 is 0 Å². The summed E-state index contributed by atoms with van der Waals surface area (Å²) in [6.45, 7) is 0. The van der Waals surface area contributed by atoms with E-state index in [0.717, 1.165) is 0 Å². The van der Waals surface area contributed by atoms with E-state index in [-0.39, 0.29) is 5.82 Å². The van der Waals surface area contributed by atoms with Crippen LogP contribution in [0.4, 0.5) is 4.39 Å². The molecule has 3 nitrogen and oxygen atoms in total. The summed E-state index contributed by atoms with van der Waals surface area (Å²) in [4.78, 5) is 6.50. The van der Waals surface area contributed by atoms with Gasteiger partial charge in [-0.15, -0.1) is 0 Å². The lowest BCUT2D eigenvalue weighted by molar-refractivity contribution is 0.639. The first-order valence-electron chi connectivity index (χ1n) is 3.34. The summed E-state index contributed by atoms with van der Waals surface area (Å²) in [5.74, 6) is -0.380. The molecule has 0 aliphatic heterocycles. The lowest BCUT2D eigenvalue weighted by Gasteiger charge is -1.88. The van der Waals surface area contributed by atoms with Crippen LogP contribution in [0.2, 0.25) is 0 Å². The minimum Gasteiger partial charge on any atom is -0.343 e. The van der Waals surface area contributed by atoms with Crippen molar-refractivity contribution in [2.75, 3.05) is 0 Å². The second-order valence-electron chi connectivity index (χ2n) is 2.37. The number of hydrogen-bond acceptors (Lipinski definition) is 2. The van der Waals surface area contributed by atoms with Crippen LogP contribution >= 0.6 is 0 Å². The van der Waals surface area contributed by atoms with Gasteiger partial charge in [0.1, 0.15) is 17.5 Å². The predicted molar refractivity (Wildman–Crippen MR) is 40.8 cm³/mol. The highest BCUT2D eigenvalue weighted by molar-refractivity contribution is 5.77. The molecule has 0 saturated heterocycles. The van der Waals surface area contributed by atoms with E-state index >= 15 is 0 Å². The number of nitrogens with one attached hydrogen (secondary N) is 1. The molecule has 4 heteroatoms. The molecule has 2 heterocycles. The number of rotatable bonds is 0. The fourth-order valence-electron chi connectivity index (χ4n) is 1.03. The molecule has 0 saturated carbocycles. The first kappa shape index (κ1) is 6.80. The topological polar surface area (TPSA) is 52.5 Å². The molecule has 0 atom stereocenters. The maximum absolute atomic E-state index is 12.9. The molecule has 0 aliphatic carbocycles. The van der Waals surface area contributed by atoms with Gasteiger partial charge in [0.2, 0.25) is 0 Å². The first-order valence-corrected chi connectivity index (χ1v) is 3.34. The average molecular weight is 161 g/mol. The van der Waals surface area contributed by atoms with Crippen molar-refractivity contribution >= 4 is 11.0 Å². The molecule has 58 valence electrons. The third-order valence-electron chi connectivity index (χ3n) is 1.61. The quantitative estimate of drug-likeness (QED) is 0.637. The van der Waals surface area contributed by atoms with E-state index in [0.29, 0.717) is 16.6 Å². The highest BCUT2D eigenvalue weighted by Crippen LogP contribution is 2.14. The zero-order valence-corrected chi connectivity index (χ0v) is 6.00. The molecule has 0 radical (unpaired) electrons. The van der Waals surface area contributed by atoms with Crippen molar-refractivity contribution < 1.29 is 4.39 Å². The zero-order chi connectivity index (χ0) is 8.55. The van der Waals surface area contributed by atoms with E-state index in [2.05, 4.69) is 9.97 Å². The molecule has 2 aromatic heterocycles. The van der Waals surface area contributed by atoms with Gasteiger partial charge in [-0.2, -0.15) is 5.26 Å². The standard InChI is InChI=1S/C8H4FN3/c9-7-4-12-8-6(7)1-5(2-10)3-11-8/h1,3-4H,(H,11,12). The number of hydrogen-bond donors (Lipinski definition) is 1. The van der Waals surface area contributed by atoms with E-state index < -0.39 is 0 Å². The van der Waals surface area contributed by atoms with E-state index in [4.69, 9.17) is 5.26 Å². The Labute approximate surface area is 67.5 Å². The van der Waals surface area contributed by atoms with E-state index in [1.165, 1.54) is 18.5 Å². The third kappa shape index (κ3) is 0.839. The van der Waals surface area contributed by atoms with Crippen molar-refractivity contribution in [1.29, 1.82) is 5.26 Å². The van der Waals surface area contributed by atoms with Crippen molar-refractivity contribution in [3.05, 3.63) is 29.8 Å². The Kier molecular flexibility index (Phi) is 1.31. The van der Waals surface area contributed by atoms with Gasteiger partial charge >= 0.3 is 0 Å². The highest BCUT2D eigenvalue weighted by Gasteiger charge is 2.03. The third-order valence-corrected chi connectivity index (χ3v) is 1.61. The van der Waals surface area contributed by atoms with Gasteiger partial charge in [-0.25, -0.2) is 9.37 Å². The Morgan fingerprint density at radius 1 is 1.58 bits per heavy atom. The smallest absolute Gasteiger partial charge is 0.150 e. The van der Waals surface area contributed by atoms with Crippen LogP contribution in [0.5, 0.6) is 0 Å². The van der Waals surface area contributed by atoms with Crippen LogP contribution in [0.3, 0.4) is 0 Å². The molecular formula is C8H4FN3. The van der Waals surface area contributed by atoms with Gasteiger partial charge in [0.15, 0.2) is 0 Å². The maximum Gasteiger partial charge on any atom is 0.150 e. The predicted octanol–water partition coefficient (Wildman–Crippen LogP) is 1.57. The van der Waals surface area contributed by atoms with Crippen LogP contribution in [-0.2, 0) is 0 Å². The second kappa shape index (κ2) is 2.31. The van der Waals surface area contributed by atoms with E-state index in [9.17, 15) is 4.39 Å². The minimum atomic E-state index is -0.380. The molecule has 0 unspecified atom stereocenters. The summed E-state index contributed by atoms with van der Waals surface area (Å²) < 4.78 is 12.9. The largest absolute Gasteiger partial charge is 0.343 e. The first-order chi connectivity index (χ1) is 5.81. The van der Waals surface area contributed by atoms with Gasteiger partial charge in [-0.3, -0.25) is 0 Å². The van der Waals surface area contributed by atoms with Crippen LogP contribution in [0.15, 0.2) is 18.5 Å². The van der Waals surface area contributed by atoms with Crippen LogP contribution in [0.25, 0.3) is 11.0 Å². The summed E-state index contributed by atoms with van der Waals surface area (Å²) >= 11 is 0. The zero-order valence-electron chi connectivity index (χ0n) is 6.00. The number of nitrogens with zero attached hydrogens (tertiary/aromatic N) is 2. The van der Waals surface area contributed by atoms with Crippen molar-refractivity contribution in [3.8, 4) is 6.07 Å². The lowest BCUT2D eigenvalue weighted by atomic mass is 10.2. The Balaban J connectivity index is 2.82. The van der Waals surface area contributed by atoms with E-state index in [1.54, 1.807) is 0 Å². The summed E-state index contributed by atoms with van der Waals surface area (Å²) in [5, 5.41) is 8.86. The Morgan fingerprint density at radius 3 is 3.17 bits per heavy atom. The van der Waals surface area contributed by atoms with Crippen LogP contribution in [-0.4, -0.2) is 9.97 Å². The van der Waals surface area contributed by atoms with Gasteiger partial charge in [0.25, 0.3) is 0 Å². The Morgan fingerprint density at radius 2 is 2.42 bits per heavy atom. The van der Waals surface area contributed by atoms with Crippen molar-refractivity contribution in [1.82, 2.24) is 9.97 Å². The number of nitriles is 1. The number of H-pyrrole nitrogens is 1. The van der Waals surface area contributed by atoms with Gasteiger partial charge in [0, 0.05) is 12.4 Å². The molecule has 0 bridgehead atoms. The molecule has 2 aromatic rings. The van der Waals surface area contributed by atoms with Gasteiger partial charge in [-0.05, 0) is 6.07 Å². The Hall–Kier alpha value is -1.89. The van der Waals surface area contributed by atoms with Gasteiger partial charge in [0.05, 0.1) is 10.9 Å². The van der Waals surface area contributed by atoms with Crippen LogP contribution in [0.1, 0.15) is 5.56 Å². The number of halogens is 1. The molecule has 2 rings (SSSR count). The second-order valence-corrected chi connectivity index (χ2v) is 2.37. The van der Waals surface area contributed by atoms with Crippen molar-refractivity contribution in [2.24, 2.45) is 0 Å². The molecule has 0 amide bonds. The molecule has 12 heavy (non-hydrogen) atoms. The summed E-state index contributed by atoms with van der Waals surface area (Å²) in [6.07, 6.45) is 2.62. The summed E-state index contributed by atoms with van der Waals surface area (Å²) in [5.41, 5.74) is 0.826. The maximum atomic E-state index is 12.9. The molecule has 1 N–H and O–H groups in total. The number of pyridine rings is 1. The Bertz CT molecular complexity index is 467. The number of aromatic nitrogens is 2. The van der Waals surface area contributed by atoms with Gasteiger partial charge in [-0.1, -0.05) is 0 Å². The van der Waals surface area contributed by atoms with Crippen molar-refractivity contribution in [3.63, 3.8) is 0 Å². The van der Waals surface area contributed by atoms with Crippen molar-refractivity contribution in [2.45, 2.75) is 0 Å². The fraction of sp³-hybridized carbons (Fsp3) is 0. The average Bonchev–Trinajstić information content (AvgIpc) is 2.47. The minimum absolute atomic E-state index is 0.356. The SMILES string of the molecule is N#Cc1cnc2[nH]cc(F)c2c1. The molecular weight excluding hydrogens is 157 g/mol. The molecule has 0 aliphatic rings. The van der Waals surface area contributed by atoms with Gasteiger partial charge < -0.3 is 4.98 Å². The number of aromatic amines is 1. The fourth-order valence-corrected chi connectivity index (χ4v) is 1.03. The molecule has 0 fully saturated rings. The number of fused-ring (bicyclic) bond motifs is 1. The monoisotopic (exact) mass is 161 g/mol.